The fourth-order valence-electron chi connectivity index (χ4n) is 1.94. The molecule has 0 aliphatic carbocycles. The quantitative estimate of drug-likeness (QED) is 0.655. The number of aromatic nitrogens is 1. The van der Waals surface area contributed by atoms with Gasteiger partial charge in [0.05, 0.1) is 36.8 Å². The summed E-state index contributed by atoms with van der Waals surface area (Å²) in [5, 5.41) is 13.0. The van der Waals surface area contributed by atoms with E-state index in [0.29, 0.717) is 19.8 Å². The molecule has 1 atom stereocenters. The van der Waals surface area contributed by atoms with Gasteiger partial charge in [0.25, 0.3) is 0 Å². The Morgan fingerprint density at radius 3 is 3.10 bits per heavy atom. The van der Waals surface area contributed by atoms with Crippen LogP contribution in [0, 0.1) is 6.92 Å². The maximum atomic E-state index is 9.80. The number of nitrogens with zero attached hydrogens (tertiary/aromatic N) is 1. The summed E-state index contributed by atoms with van der Waals surface area (Å²) in [5.41, 5.74) is 2.92. The van der Waals surface area contributed by atoms with Gasteiger partial charge < -0.3 is 19.6 Å². The van der Waals surface area contributed by atoms with Crippen LogP contribution in [0.3, 0.4) is 0 Å². The van der Waals surface area contributed by atoms with E-state index < -0.39 is 6.10 Å². The Balaban J connectivity index is 1.47. The Morgan fingerprint density at radius 1 is 1.48 bits per heavy atom. The van der Waals surface area contributed by atoms with Crippen LogP contribution in [-0.4, -0.2) is 42.5 Å². The van der Waals surface area contributed by atoms with Gasteiger partial charge in [0.1, 0.15) is 5.76 Å². The van der Waals surface area contributed by atoms with E-state index >= 15 is 0 Å². The topological polar surface area (TPSA) is 67.5 Å². The monoisotopic (exact) mass is 310 g/mol. The molecule has 2 rings (SSSR count). The van der Waals surface area contributed by atoms with Gasteiger partial charge in [-0.25, -0.2) is 4.98 Å². The first kappa shape index (κ1) is 16.2. The van der Waals surface area contributed by atoms with Crippen molar-refractivity contribution in [3.63, 3.8) is 0 Å². The number of ether oxygens (including phenoxy) is 1. The van der Waals surface area contributed by atoms with Crippen molar-refractivity contribution in [1.82, 2.24) is 10.3 Å². The Labute approximate surface area is 129 Å². The van der Waals surface area contributed by atoms with E-state index in [1.807, 2.05) is 24.6 Å². The SMILES string of the molecule is Cc1ncsc1CCOCC(O)CNCCc1ccco1. The predicted octanol–water partition coefficient (Wildman–Crippen LogP) is 1.80. The second-order valence-corrected chi connectivity index (χ2v) is 5.81. The zero-order valence-corrected chi connectivity index (χ0v) is 13.1. The largest absolute Gasteiger partial charge is 0.469 e. The van der Waals surface area contributed by atoms with Gasteiger partial charge in [-0.2, -0.15) is 0 Å². The third-order valence-electron chi connectivity index (χ3n) is 3.14. The number of aryl methyl sites for hydroxylation is 1. The first-order valence-corrected chi connectivity index (χ1v) is 8.01. The molecule has 0 saturated carbocycles. The molecule has 0 spiro atoms. The molecule has 0 aromatic carbocycles. The summed E-state index contributed by atoms with van der Waals surface area (Å²) in [7, 11) is 0. The second-order valence-electron chi connectivity index (χ2n) is 4.87. The molecule has 5 nitrogen and oxygen atoms in total. The number of aliphatic hydroxyl groups is 1. The maximum Gasteiger partial charge on any atom is 0.105 e. The van der Waals surface area contributed by atoms with Crippen molar-refractivity contribution >= 4 is 11.3 Å². The van der Waals surface area contributed by atoms with Gasteiger partial charge in [0.15, 0.2) is 0 Å². The van der Waals surface area contributed by atoms with Crippen molar-refractivity contribution in [2.24, 2.45) is 0 Å². The highest BCUT2D eigenvalue weighted by atomic mass is 32.1. The van der Waals surface area contributed by atoms with Crippen LogP contribution in [0.4, 0.5) is 0 Å². The zero-order valence-electron chi connectivity index (χ0n) is 12.2. The zero-order chi connectivity index (χ0) is 14.9. The molecule has 0 fully saturated rings. The standard InChI is InChI=1S/C15H22N2O3S/c1-12-15(21-11-17-12)5-8-19-10-13(18)9-16-6-4-14-3-2-7-20-14/h2-3,7,11,13,16,18H,4-6,8-10H2,1H3. The lowest BCUT2D eigenvalue weighted by atomic mass is 10.3. The van der Waals surface area contributed by atoms with Gasteiger partial charge in [0, 0.05) is 30.8 Å². The average Bonchev–Trinajstić information content (AvgIpc) is 3.12. The lowest BCUT2D eigenvalue weighted by Gasteiger charge is -2.12. The summed E-state index contributed by atoms with van der Waals surface area (Å²) >= 11 is 1.65. The molecule has 1 unspecified atom stereocenters. The molecule has 0 radical (unpaired) electrons. The third kappa shape index (κ3) is 5.97. The number of aliphatic hydroxyl groups excluding tert-OH is 1. The second kappa shape index (κ2) is 8.94. The van der Waals surface area contributed by atoms with Crippen molar-refractivity contribution in [1.29, 1.82) is 0 Å². The molecule has 0 saturated heterocycles. The molecule has 2 aromatic heterocycles. The lowest BCUT2D eigenvalue weighted by molar-refractivity contribution is 0.0386. The van der Waals surface area contributed by atoms with Crippen LogP contribution < -0.4 is 5.32 Å². The molecule has 6 heteroatoms. The highest BCUT2D eigenvalue weighted by molar-refractivity contribution is 7.09. The van der Waals surface area contributed by atoms with Crippen molar-refractivity contribution in [3.8, 4) is 0 Å². The summed E-state index contributed by atoms with van der Waals surface area (Å²) in [6.07, 6.45) is 2.87. The van der Waals surface area contributed by atoms with Crippen molar-refractivity contribution in [2.75, 3.05) is 26.3 Å². The van der Waals surface area contributed by atoms with Crippen LogP contribution in [0.25, 0.3) is 0 Å². The number of hydrogen-bond acceptors (Lipinski definition) is 6. The number of thiazole rings is 1. The van der Waals surface area contributed by atoms with Gasteiger partial charge in [0.2, 0.25) is 0 Å². The minimum Gasteiger partial charge on any atom is -0.469 e. The van der Waals surface area contributed by atoms with Crippen LogP contribution in [0.5, 0.6) is 0 Å². The van der Waals surface area contributed by atoms with Crippen molar-refractivity contribution < 1.29 is 14.3 Å². The van der Waals surface area contributed by atoms with Gasteiger partial charge >= 0.3 is 0 Å². The first-order chi connectivity index (χ1) is 10.3. The number of rotatable bonds is 10. The average molecular weight is 310 g/mol. The predicted molar refractivity (Wildman–Crippen MR) is 82.7 cm³/mol. The smallest absolute Gasteiger partial charge is 0.105 e. The van der Waals surface area contributed by atoms with E-state index in [1.165, 1.54) is 4.88 Å². The Kier molecular flexibility index (Phi) is 6.88. The normalized spacial score (nSPS) is 12.7. The Morgan fingerprint density at radius 2 is 2.38 bits per heavy atom. The van der Waals surface area contributed by atoms with Crippen molar-refractivity contribution in [2.45, 2.75) is 25.9 Å². The van der Waals surface area contributed by atoms with E-state index in [4.69, 9.17) is 9.15 Å². The molecule has 2 aromatic rings. The molecule has 0 amide bonds. The molecule has 116 valence electrons. The molecule has 0 bridgehead atoms. The molecule has 2 N–H and O–H groups in total. The molecular formula is C15H22N2O3S. The molecule has 0 aliphatic heterocycles. The molecule has 21 heavy (non-hydrogen) atoms. The summed E-state index contributed by atoms with van der Waals surface area (Å²) in [4.78, 5) is 5.45. The van der Waals surface area contributed by atoms with E-state index in [0.717, 1.165) is 30.8 Å². The number of nitrogens with one attached hydrogen (secondary N) is 1. The summed E-state index contributed by atoms with van der Waals surface area (Å²) in [6, 6.07) is 3.82. The molecular weight excluding hydrogens is 288 g/mol. The van der Waals surface area contributed by atoms with Gasteiger partial charge in [-0.05, 0) is 19.1 Å². The fourth-order valence-corrected chi connectivity index (χ4v) is 2.71. The first-order valence-electron chi connectivity index (χ1n) is 7.13. The number of hydrogen-bond donors (Lipinski definition) is 2. The van der Waals surface area contributed by atoms with Crippen LogP contribution in [0.1, 0.15) is 16.3 Å². The van der Waals surface area contributed by atoms with E-state index in [-0.39, 0.29) is 0 Å². The van der Waals surface area contributed by atoms with Crippen LogP contribution in [-0.2, 0) is 17.6 Å². The van der Waals surface area contributed by atoms with Gasteiger partial charge in [-0.1, -0.05) is 0 Å². The Hall–Kier alpha value is -1.21. The summed E-state index contributed by atoms with van der Waals surface area (Å²) in [6.45, 7) is 4.28. The Bertz CT molecular complexity index is 499. The minimum absolute atomic E-state index is 0.353. The van der Waals surface area contributed by atoms with Gasteiger partial charge in [-0.15, -0.1) is 11.3 Å². The van der Waals surface area contributed by atoms with E-state index in [2.05, 4.69) is 10.3 Å². The number of furan rings is 1. The van der Waals surface area contributed by atoms with Crippen LogP contribution in [0.15, 0.2) is 28.3 Å². The van der Waals surface area contributed by atoms with E-state index in [1.54, 1.807) is 17.6 Å². The summed E-state index contributed by atoms with van der Waals surface area (Å²) in [5.74, 6) is 0.952. The highest BCUT2D eigenvalue weighted by Crippen LogP contribution is 2.12. The molecule has 2 heterocycles. The molecule has 0 aliphatic rings. The van der Waals surface area contributed by atoms with Crippen LogP contribution in [0.2, 0.25) is 0 Å². The fraction of sp³-hybridized carbons (Fsp3) is 0.533. The van der Waals surface area contributed by atoms with Crippen LogP contribution >= 0.6 is 11.3 Å². The maximum absolute atomic E-state index is 9.80. The highest BCUT2D eigenvalue weighted by Gasteiger charge is 2.05. The third-order valence-corrected chi connectivity index (χ3v) is 4.13. The van der Waals surface area contributed by atoms with Gasteiger partial charge in [-0.3, -0.25) is 0 Å². The minimum atomic E-state index is -0.482. The summed E-state index contributed by atoms with van der Waals surface area (Å²) < 4.78 is 10.7. The van der Waals surface area contributed by atoms with E-state index in [9.17, 15) is 5.11 Å². The lowest BCUT2D eigenvalue weighted by Crippen LogP contribution is -2.31. The van der Waals surface area contributed by atoms with Crippen molar-refractivity contribution in [3.05, 3.63) is 40.2 Å².